The second-order valence-corrected chi connectivity index (χ2v) is 6.36. The second-order valence-electron chi connectivity index (χ2n) is 4.26. The fourth-order valence-electron chi connectivity index (χ4n) is 1.84. The van der Waals surface area contributed by atoms with E-state index in [0.717, 1.165) is 6.07 Å². The van der Waals surface area contributed by atoms with Crippen LogP contribution in [-0.4, -0.2) is 27.7 Å². The van der Waals surface area contributed by atoms with Gasteiger partial charge in [0.2, 0.25) is 10.0 Å². The summed E-state index contributed by atoms with van der Waals surface area (Å²) in [5, 5.41) is -0.148. The van der Waals surface area contributed by atoms with E-state index < -0.39 is 15.8 Å². The summed E-state index contributed by atoms with van der Waals surface area (Å²) in [5.74, 6) is -0.798. The minimum absolute atomic E-state index is 0.0361. The van der Waals surface area contributed by atoms with Crippen LogP contribution >= 0.6 is 11.6 Å². The number of nitrogens with one attached hydrogen (secondary N) is 1. The van der Waals surface area contributed by atoms with Gasteiger partial charge >= 0.3 is 0 Å². The largest absolute Gasteiger partial charge is 0.380 e. The SMILES string of the molecule is NCc1cc(S(=O)(=O)NC2CCOC2)cc(F)c1Cl. The van der Waals surface area contributed by atoms with Crippen molar-refractivity contribution in [3.05, 3.63) is 28.5 Å². The van der Waals surface area contributed by atoms with Crippen LogP contribution in [0.25, 0.3) is 0 Å². The molecule has 19 heavy (non-hydrogen) atoms. The predicted octanol–water partition coefficient (Wildman–Crippen LogP) is 1.00. The quantitative estimate of drug-likeness (QED) is 0.869. The first-order chi connectivity index (χ1) is 8.94. The van der Waals surface area contributed by atoms with Crippen molar-refractivity contribution >= 4 is 21.6 Å². The maximum Gasteiger partial charge on any atom is 0.241 e. The van der Waals surface area contributed by atoms with Crippen LogP contribution in [0.5, 0.6) is 0 Å². The molecule has 0 spiro atoms. The van der Waals surface area contributed by atoms with E-state index in [4.69, 9.17) is 22.1 Å². The topological polar surface area (TPSA) is 81.4 Å². The van der Waals surface area contributed by atoms with E-state index in [1.807, 2.05) is 0 Å². The van der Waals surface area contributed by atoms with Crippen molar-refractivity contribution in [2.75, 3.05) is 13.2 Å². The average Bonchev–Trinajstić information content (AvgIpc) is 2.84. The monoisotopic (exact) mass is 308 g/mol. The molecule has 1 aliphatic heterocycles. The molecule has 8 heteroatoms. The van der Waals surface area contributed by atoms with Crippen LogP contribution in [0.15, 0.2) is 17.0 Å². The zero-order chi connectivity index (χ0) is 14.0. The van der Waals surface area contributed by atoms with Gasteiger partial charge in [-0.3, -0.25) is 0 Å². The van der Waals surface area contributed by atoms with Crippen LogP contribution < -0.4 is 10.5 Å². The lowest BCUT2D eigenvalue weighted by atomic mass is 10.2. The normalized spacial score (nSPS) is 19.8. The highest BCUT2D eigenvalue weighted by molar-refractivity contribution is 7.89. The molecule has 1 heterocycles. The Labute approximate surface area is 115 Å². The van der Waals surface area contributed by atoms with Gasteiger partial charge in [-0.2, -0.15) is 0 Å². The third-order valence-electron chi connectivity index (χ3n) is 2.86. The van der Waals surface area contributed by atoms with E-state index in [2.05, 4.69) is 4.72 Å². The Balaban J connectivity index is 2.31. The molecule has 106 valence electrons. The molecule has 0 aliphatic carbocycles. The Bertz CT molecular complexity index is 574. The first-order valence-corrected chi connectivity index (χ1v) is 7.58. The maximum atomic E-state index is 13.6. The third kappa shape index (κ3) is 3.24. The van der Waals surface area contributed by atoms with Crippen molar-refractivity contribution in [1.29, 1.82) is 0 Å². The molecular weight excluding hydrogens is 295 g/mol. The molecular formula is C11H14ClFN2O3S. The van der Waals surface area contributed by atoms with Crippen molar-refractivity contribution in [3.63, 3.8) is 0 Å². The summed E-state index contributed by atoms with van der Waals surface area (Å²) in [6.07, 6.45) is 0.596. The summed E-state index contributed by atoms with van der Waals surface area (Å²) in [5.41, 5.74) is 5.66. The minimum atomic E-state index is -3.80. The summed E-state index contributed by atoms with van der Waals surface area (Å²) >= 11 is 5.70. The summed E-state index contributed by atoms with van der Waals surface area (Å²) in [6.45, 7) is 0.793. The minimum Gasteiger partial charge on any atom is -0.380 e. The molecule has 1 aromatic rings. The van der Waals surface area contributed by atoms with E-state index >= 15 is 0 Å². The van der Waals surface area contributed by atoms with Gasteiger partial charge in [0.25, 0.3) is 0 Å². The molecule has 1 fully saturated rings. The number of halogens is 2. The zero-order valence-corrected chi connectivity index (χ0v) is 11.6. The molecule has 1 unspecified atom stereocenters. The van der Waals surface area contributed by atoms with Gasteiger partial charge < -0.3 is 10.5 Å². The van der Waals surface area contributed by atoms with Crippen LogP contribution in [0.1, 0.15) is 12.0 Å². The van der Waals surface area contributed by atoms with E-state index in [1.165, 1.54) is 6.07 Å². The maximum absolute atomic E-state index is 13.6. The molecule has 1 aliphatic rings. The summed E-state index contributed by atoms with van der Waals surface area (Å²) < 4.78 is 45.3. The van der Waals surface area contributed by atoms with Crippen LogP contribution in [0.2, 0.25) is 5.02 Å². The van der Waals surface area contributed by atoms with E-state index in [-0.39, 0.29) is 28.1 Å². The lowest BCUT2D eigenvalue weighted by molar-refractivity contribution is 0.192. The number of benzene rings is 1. The summed E-state index contributed by atoms with van der Waals surface area (Å²) in [4.78, 5) is -0.179. The highest BCUT2D eigenvalue weighted by Crippen LogP contribution is 2.24. The van der Waals surface area contributed by atoms with Gasteiger partial charge in [0, 0.05) is 19.2 Å². The van der Waals surface area contributed by atoms with Gasteiger partial charge in [-0.1, -0.05) is 11.6 Å². The van der Waals surface area contributed by atoms with Crippen molar-refractivity contribution in [2.24, 2.45) is 5.73 Å². The van der Waals surface area contributed by atoms with Gasteiger partial charge in [-0.25, -0.2) is 17.5 Å². The second kappa shape index (κ2) is 5.72. The molecule has 1 atom stereocenters. The smallest absolute Gasteiger partial charge is 0.241 e. The number of hydrogen-bond donors (Lipinski definition) is 2. The predicted molar refractivity (Wildman–Crippen MR) is 68.8 cm³/mol. The third-order valence-corrected chi connectivity index (χ3v) is 4.78. The number of hydrogen-bond acceptors (Lipinski definition) is 4. The van der Waals surface area contributed by atoms with Crippen molar-refractivity contribution in [1.82, 2.24) is 4.72 Å². The Morgan fingerprint density at radius 1 is 1.53 bits per heavy atom. The van der Waals surface area contributed by atoms with Gasteiger partial charge in [-0.15, -0.1) is 0 Å². The van der Waals surface area contributed by atoms with Crippen LogP contribution in [0.3, 0.4) is 0 Å². The number of sulfonamides is 1. The standard InChI is InChI=1S/C11H14ClFN2O3S/c12-11-7(5-14)3-9(4-10(11)13)19(16,17)15-8-1-2-18-6-8/h3-4,8,15H,1-2,5-6,14H2. The first-order valence-electron chi connectivity index (χ1n) is 5.72. The molecule has 0 bridgehead atoms. The molecule has 0 saturated carbocycles. The summed E-state index contributed by atoms with van der Waals surface area (Å²) in [6, 6.07) is 1.88. The highest BCUT2D eigenvalue weighted by Gasteiger charge is 2.25. The molecule has 5 nitrogen and oxygen atoms in total. The first kappa shape index (κ1) is 14.7. The van der Waals surface area contributed by atoms with Gasteiger partial charge in [0.15, 0.2) is 0 Å². The van der Waals surface area contributed by atoms with Crippen LogP contribution in [0, 0.1) is 5.82 Å². The Hall–Kier alpha value is -0.730. The average molecular weight is 309 g/mol. The van der Waals surface area contributed by atoms with E-state index in [9.17, 15) is 12.8 Å². The molecule has 0 amide bonds. The van der Waals surface area contributed by atoms with E-state index in [0.29, 0.717) is 19.6 Å². The van der Waals surface area contributed by atoms with Crippen molar-refractivity contribution < 1.29 is 17.5 Å². The van der Waals surface area contributed by atoms with Gasteiger partial charge in [0.1, 0.15) is 5.82 Å². The molecule has 0 aromatic heterocycles. The van der Waals surface area contributed by atoms with Crippen LogP contribution in [-0.2, 0) is 21.3 Å². The number of nitrogens with two attached hydrogens (primary N) is 1. The van der Waals surface area contributed by atoms with Crippen LogP contribution in [0.4, 0.5) is 4.39 Å². The Kier molecular flexibility index (Phi) is 4.42. The van der Waals surface area contributed by atoms with Gasteiger partial charge in [0.05, 0.1) is 16.5 Å². The molecule has 1 aromatic carbocycles. The molecule has 0 radical (unpaired) electrons. The molecule has 1 saturated heterocycles. The number of ether oxygens (including phenoxy) is 1. The Morgan fingerprint density at radius 3 is 2.84 bits per heavy atom. The zero-order valence-electron chi connectivity index (χ0n) is 10.0. The fraction of sp³-hybridized carbons (Fsp3) is 0.455. The fourth-order valence-corrected chi connectivity index (χ4v) is 3.34. The van der Waals surface area contributed by atoms with Gasteiger partial charge in [-0.05, 0) is 24.1 Å². The lowest BCUT2D eigenvalue weighted by Crippen LogP contribution is -2.35. The number of rotatable bonds is 4. The van der Waals surface area contributed by atoms with Crippen molar-refractivity contribution in [2.45, 2.75) is 23.9 Å². The van der Waals surface area contributed by atoms with E-state index in [1.54, 1.807) is 0 Å². The van der Waals surface area contributed by atoms with Crippen molar-refractivity contribution in [3.8, 4) is 0 Å². The molecule has 2 rings (SSSR count). The summed E-state index contributed by atoms with van der Waals surface area (Å²) in [7, 11) is -3.80. The molecule has 3 N–H and O–H groups in total. The Morgan fingerprint density at radius 2 is 2.26 bits per heavy atom. The highest BCUT2D eigenvalue weighted by atomic mass is 35.5. The lowest BCUT2D eigenvalue weighted by Gasteiger charge is -2.13.